The Kier molecular flexibility index (Phi) is 18.6. The van der Waals surface area contributed by atoms with Crippen LogP contribution in [0.2, 0.25) is 5.15 Å². The number of aliphatic hydroxyl groups is 4. The Morgan fingerprint density at radius 2 is 1.70 bits per heavy atom. The van der Waals surface area contributed by atoms with Crippen LogP contribution in [-0.4, -0.2) is 145 Å². The number of halogens is 1. The summed E-state index contributed by atoms with van der Waals surface area (Å²) in [4.78, 5) is 51.8. The van der Waals surface area contributed by atoms with Gasteiger partial charge >= 0.3 is 6.09 Å². The first-order valence-corrected chi connectivity index (χ1v) is 19.2. The fourth-order valence-electron chi connectivity index (χ4n) is 6.71. The van der Waals surface area contributed by atoms with Gasteiger partial charge in [0.2, 0.25) is 5.91 Å². The summed E-state index contributed by atoms with van der Waals surface area (Å²) in [5.74, 6) is -1.20. The molecule has 10 N–H and O–H groups in total. The standard InChI is InChI=1S/C37H59ClN8O8/c1-3-4-5-8-14-44(22-28(48)32(51)29(49)23-47)15-13-30(50)45-16-11-25(12-17-45)20-46(37(53)54)21-26(18-27-10-7-6-9-24(27)2)19-41-36(52)31-34(39)43-35(40)33(38)42-31/h6-7,9-10,25-26,28-29,32,47-49,51H,3-5,8,11-23H2,1-2H3,(H,41,52)(H,53,54)(H4,39,40,43)/t26-,28-,29+,32+/m0/s1. The molecule has 1 aliphatic rings. The van der Waals surface area contributed by atoms with E-state index < -0.39 is 36.9 Å². The first-order chi connectivity index (χ1) is 25.7. The third kappa shape index (κ3) is 14.1. The van der Waals surface area contributed by atoms with Crippen LogP contribution in [0.1, 0.15) is 73.5 Å². The first kappa shape index (κ1) is 44.6. The van der Waals surface area contributed by atoms with Crippen LogP contribution in [-0.2, 0) is 11.2 Å². The minimum atomic E-state index is -1.51. The molecule has 4 atom stereocenters. The van der Waals surface area contributed by atoms with E-state index >= 15 is 0 Å². The number of carbonyl (C=O) groups excluding carboxylic acids is 2. The zero-order valence-electron chi connectivity index (χ0n) is 31.4. The van der Waals surface area contributed by atoms with Gasteiger partial charge in [-0.25, -0.2) is 14.8 Å². The molecule has 0 aliphatic carbocycles. The second-order valence-electron chi connectivity index (χ2n) is 14.3. The SMILES string of the molecule is CCCCCCN(CCC(=O)N1CCC(CN(C[C@H](CNC(=O)c2nc(Cl)c(N)nc2N)Cc2ccccc2C)C(=O)O)CC1)C[C@H](O)[C@@H](O)[C@H](O)CO. The van der Waals surface area contributed by atoms with Gasteiger partial charge in [-0.3, -0.25) is 9.59 Å². The molecule has 3 amide bonds. The van der Waals surface area contributed by atoms with Crippen molar-refractivity contribution in [2.24, 2.45) is 11.8 Å². The summed E-state index contributed by atoms with van der Waals surface area (Å²) in [6.45, 7) is 5.95. The number of aliphatic hydroxyl groups excluding tert-OH is 4. The molecule has 1 aromatic carbocycles. The maximum Gasteiger partial charge on any atom is 0.407 e. The lowest BCUT2D eigenvalue weighted by atomic mass is 9.93. The highest BCUT2D eigenvalue weighted by Gasteiger charge is 2.30. The smallest absolute Gasteiger partial charge is 0.407 e. The molecule has 3 rings (SSSR count). The van der Waals surface area contributed by atoms with Gasteiger partial charge in [-0.2, -0.15) is 0 Å². The number of unbranched alkanes of at least 4 members (excludes halogenated alkanes) is 3. The van der Waals surface area contributed by atoms with Gasteiger partial charge in [-0.1, -0.05) is 62.1 Å². The number of benzene rings is 1. The molecule has 1 aliphatic heterocycles. The van der Waals surface area contributed by atoms with E-state index in [9.17, 15) is 34.8 Å². The third-order valence-corrected chi connectivity index (χ3v) is 10.3. The minimum Gasteiger partial charge on any atom is -0.465 e. The second-order valence-corrected chi connectivity index (χ2v) is 14.6. The number of nitrogen functional groups attached to an aromatic ring is 2. The largest absolute Gasteiger partial charge is 0.465 e. The number of carboxylic acid groups (broad SMARTS) is 1. The normalized spacial score (nSPS) is 15.8. The molecule has 16 nitrogen and oxygen atoms in total. The predicted molar refractivity (Wildman–Crippen MR) is 206 cm³/mol. The van der Waals surface area contributed by atoms with E-state index in [2.05, 4.69) is 22.2 Å². The Morgan fingerprint density at radius 3 is 2.35 bits per heavy atom. The number of hydrogen-bond acceptors (Lipinski definition) is 12. The number of aryl methyl sites for hydroxylation is 1. The van der Waals surface area contributed by atoms with Gasteiger partial charge in [0.1, 0.15) is 12.2 Å². The monoisotopic (exact) mass is 778 g/mol. The number of anilines is 2. The van der Waals surface area contributed by atoms with Crippen LogP contribution in [0, 0.1) is 18.8 Å². The van der Waals surface area contributed by atoms with E-state index in [1.165, 1.54) is 4.90 Å². The molecule has 17 heteroatoms. The number of nitrogens with one attached hydrogen (secondary N) is 1. The summed E-state index contributed by atoms with van der Waals surface area (Å²) in [6.07, 6.45) is 0.584. The van der Waals surface area contributed by atoms with Gasteiger partial charge in [0, 0.05) is 52.2 Å². The summed E-state index contributed by atoms with van der Waals surface area (Å²) >= 11 is 5.97. The number of nitrogens with zero attached hydrogens (tertiary/aromatic N) is 5. The van der Waals surface area contributed by atoms with Crippen molar-refractivity contribution in [2.75, 3.05) is 70.4 Å². The van der Waals surface area contributed by atoms with Crippen molar-refractivity contribution in [3.63, 3.8) is 0 Å². The molecule has 1 aromatic heterocycles. The van der Waals surface area contributed by atoms with Gasteiger partial charge in [0.15, 0.2) is 22.5 Å². The van der Waals surface area contributed by atoms with Gasteiger partial charge in [0.05, 0.1) is 12.7 Å². The van der Waals surface area contributed by atoms with Crippen LogP contribution < -0.4 is 16.8 Å². The van der Waals surface area contributed by atoms with Crippen molar-refractivity contribution in [1.82, 2.24) is 30.0 Å². The minimum absolute atomic E-state index is 0.0236. The summed E-state index contributed by atoms with van der Waals surface area (Å²) in [5, 5.41) is 52.5. The highest BCUT2D eigenvalue weighted by atomic mass is 35.5. The van der Waals surface area contributed by atoms with E-state index in [-0.39, 0.29) is 72.8 Å². The van der Waals surface area contributed by atoms with Crippen LogP contribution >= 0.6 is 11.6 Å². The maximum atomic E-state index is 13.3. The Bertz CT molecular complexity index is 1500. The molecule has 0 saturated carbocycles. The Balaban J connectivity index is 1.59. The Morgan fingerprint density at radius 1 is 1.00 bits per heavy atom. The zero-order chi connectivity index (χ0) is 39.8. The topological polar surface area (TPSA) is 252 Å². The Hall–Kier alpha value is -3.80. The molecule has 1 fully saturated rings. The van der Waals surface area contributed by atoms with Crippen LogP contribution in [0.3, 0.4) is 0 Å². The van der Waals surface area contributed by atoms with E-state index in [1.807, 2.05) is 36.1 Å². The molecular formula is C37H59ClN8O8. The van der Waals surface area contributed by atoms with Gasteiger partial charge < -0.3 is 57.0 Å². The van der Waals surface area contributed by atoms with Gasteiger partial charge in [-0.15, -0.1) is 0 Å². The fraction of sp³-hybridized carbons (Fsp3) is 0.649. The molecule has 54 heavy (non-hydrogen) atoms. The number of aromatic nitrogens is 2. The summed E-state index contributed by atoms with van der Waals surface area (Å²) in [5.41, 5.74) is 13.4. The zero-order valence-corrected chi connectivity index (χ0v) is 32.2. The molecule has 0 radical (unpaired) electrons. The van der Waals surface area contributed by atoms with E-state index in [4.69, 9.17) is 28.2 Å². The van der Waals surface area contributed by atoms with Gasteiger partial charge in [0.25, 0.3) is 5.91 Å². The highest BCUT2D eigenvalue weighted by molar-refractivity contribution is 6.31. The molecule has 302 valence electrons. The number of carbonyl (C=O) groups is 3. The molecule has 2 heterocycles. The van der Waals surface area contributed by atoms with Crippen molar-refractivity contribution < 1.29 is 39.9 Å². The number of hydrogen-bond donors (Lipinski definition) is 8. The van der Waals surface area contributed by atoms with E-state index in [0.29, 0.717) is 45.4 Å². The number of nitrogens with two attached hydrogens (primary N) is 2. The quantitative estimate of drug-likeness (QED) is 0.0795. The molecule has 0 unspecified atom stereocenters. The molecular weight excluding hydrogens is 720 g/mol. The van der Waals surface area contributed by atoms with E-state index in [0.717, 1.165) is 36.8 Å². The van der Waals surface area contributed by atoms with Crippen molar-refractivity contribution in [2.45, 2.75) is 83.5 Å². The Labute approximate surface area is 322 Å². The van der Waals surface area contributed by atoms with E-state index in [1.54, 1.807) is 4.90 Å². The molecule has 0 bridgehead atoms. The van der Waals surface area contributed by atoms with Crippen LogP contribution in [0.4, 0.5) is 16.4 Å². The number of rotatable bonds is 22. The fourth-order valence-corrected chi connectivity index (χ4v) is 6.83. The van der Waals surface area contributed by atoms with Crippen molar-refractivity contribution >= 4 is 41.1 Å². The summed E-state index contributed by atoms with van der Waals surface area (Å²) in [7, 11) is 0. The number of piperidine rings is 1. The van der Waals surface area contributed by atoms with Crippen LogP contribution in [0.25, 0.3) is 0 Å². The average molecular weight is 779 g/mol. The maximum absolute atomic E-state index is 13.3. The second kappa shape index (κ2) is 22.5. The number of likely N-dealkylation sites (tertiary alicyclic amines) is 1. The third-order valence-electron chi connectivity index (χ3n) is 10.0. The average Bonchev–Trinajstić information content (AvgIpc) is 3.15. The molecule has 0 spiro atoms. The summed E-state index contributed by atoms with van der Waals surface area (Å²) < 4.78 is 0. The van der Waals surface area contributed by atoms with Crippen molar-refractivity contribution in [1.29, 1.82) is 0 Å². The first-order valence-electron chi connectivity index (χ1n) is 18.8. The van der Waals surface area contributed by atoms with Crippen molar-refractivity contribution in [3.05, 3.63) is 46.2 Å². The lowest BCUT2D eigenvalue weighted by Gasteiger charge is -2.35. The van der Waals surface area contributed by atoms with Crippen LogP contribution in [0.5, 0.6) is 0 Å². The van der Waals surface area contributed by atoms with Gasteiger partial charge in [-0.05, 0) is 62.1 Å². The predicted octanol–water partition coefficient (Wildman–Crippen LogP) is 1.76. The molecule has 1 saturated heterocycles. The van der Waals surface area contributed by atoms with Crippen LogP contribution in [0.15, 0.2) is 24.3 Å². The number of amides is 3. The lowest BCUT2D eigenvalue weighted by molar-refractivity contribution is -0.133. The highest BCUT2D eigenvalue weighted by Crippen LogP contribution is 2.22. The van der Waals surface area contributed by atoms with Crippen molar-refractivity contribution in [3.8, 4) is 0 Å². The molecule has 2 aromatic rings. The summed E-state index contributed by atoms with van der Waals surface area (Å²) in [6, 6.07) is 7.79. The lowest BCUT2D eigenvalue weighted by Crippen LogP contribution is -2.47.